The van der Waals surface area contributed by atoms with Crippen LogP contribution in [0.4, 0.5) is 5.69 Å². The maximum Gasteiger partial charge on any atom is 0.224 e. The third-order valence-corrected chi connectivity index (χ3v) is 3.79. The van der Waals surface area contributed by atoms with Gasteiger partial charge < -0.3 is 20.1 Å². The zero-order chi connectivity index (χ0) is 16.5. The molecule has 24 heavy (non-hydrogen) atoms. The van der Waals surface area contributed by atoms with Crippen LogP contribution in [0.5, 0.6) is 11.5 Å². The molecule has 2 rings (SSSR count). The van der Waals surface area contributed by atoms with Gasteiger partial charge in [-0.25, -0.2) is 0 Å². The van der Waals surface area contributed by atoms with Crippen LogP contribution in [0, 0.1) is 5.92 Å². The molecule has 1 aromatic carbocycles. The Morgan fingerprint density at radius 3 is 2.54 bits per heavy atom. The van der Waals surface area contributed by atoms with E-state index in [9.17, 15) is 4.79 Å². The number of benzene rings is 1. The molecule has 1 aromatic rings. The molecule has 1 amide bonds. The first-order valence-electron chi connectivity index (χ1n) is 8.63. The number of rotatable bonds is 9. The van der Waals surface area contributed by atoms with Crippen LogP contribution < -0.4 is 20.1 Å². The van der Waals surface area contributed by atoms with E-state index >= 15 is 0 Å². The molecule has 1 atom stereocenters. The summed E-state index contributed by atoms with van der Waals surface area (Å²) in [5, 5.41) is 6.25. The molecule has 0 spiro atoms. The van der Waals surface area contributed by atoms with Gasteiger partial charge in [0.15, 0.2) is 11.5 Å². The van der Waals surface area contributed by atoms with E-state index in [4.69, 9.17) is 9.47 Å². The van der Waals surface area contributed by atoms with Gasteiger partial charge in [-0.1, -0.05) is 13.8 Å². The van der Waals surface area contributed by atoms with Crippen LogP contribution in [0.25, 0.3) is 0 Å². The number of amides is 1. The van der Waals surface area contributed by atoms with Gasteiger partial charge in [-0.3, -0.25) is 4.79 Å². The SMILES string of the molecule is CCCOc1ccc(NC(=O)CC2CCNC2)cc1OCCC.Cl. The molecular weight excluding hydrogens is 328 g/mol. The van der Waals surface area contributed by atoms with Crippen LogP contribution in [0.15, 0.2) is 18.2 Å². The summed E-state index contributed by atoms with van der Waals surface area (Å²) in [6.45, 7) is 7.36. The minimum absolute atomic E-state index is 0. The van der Waals surface area contributed by atoms with E-state index in [1.807, 2.05) is 18.2 Å². The van der Waals surface area contributed by atoms with E-state index in [0.717, 1.165) is 43.8 Å². The molecule has 0 radical (unpaired) electrons. The molecule has 6 heteroatoms. The normalized spacial score (nSPS) is 16.3. The molecule has 1 aliphatic heterocycles. The minimum Gasteiger partial charge on any atom is -0.490 e. The van der Waals surface area contributed by atoms with E-state index in [1.165, 1.54) is 0 Å². The number of carbonyl (C=O) groups excluding carboxylic acids is 1. The Morgan fingerprint density at radius 1 is 1.21 bits per heavy atom. The molecule has 0 bridgehead atoms. The van der Waals surface area contributed by atoms with Gasteiger partial charge in [0.1, 0.15) is 0 Å². The highest BCUT2D eigenvalue weighted by Gasteiger charge is 2.18. The molecule has 1 aliphatic rings. The van der Waals surface area contributed by atoms with Crippen molar-refractivity contribution < 1.29 is 14.3 Å². The lowest BCUT2D eigenvalue weighted by Gasteiger charge is -2.14. The maximum absolute atomic E-state index is 12.1. The maximum atomic E-state index is 12.1. The molecule has 136 valence electrons. The third kappa shape index (κ3) is 6.57. The number of carbonyl (C=O) groups is 1. The van der Waals surface area contributed by atoms with E-state index < -0.39 is 0 Å². The molecule has 0 aromatic heterocycles. The molecule has 1 unspecified atom stereocenters. The Kier molecular flexibility index (Phi) is 9.57. The predicted octanol–water partition coefficient (Wildman–Crippen LogP) is 3.62. The number of nitrogens with one attached hydrogen (secondary N) is 2. The highest BCUT2D eigenvalue weighted by atomic mass is 35.5. The highest BCUT2D eigenvalue weighted by Crippen LogP contribution is 2.31. The predicted molar refractivity (Wildman–Crippen MR) is 99.5 cm³/mol. The monoisotopic (exact) mass is 356 g/mol. The van der Waals surface area contributed by atoms with Gasteiger partial charge in [-0.15, -0.1) is 12.4 Å². The summed E-state index contributed by atoms with van der Waals surface area (Å²) in [4.78, 5) is 12.1. The van der Waals surface area contributed by atoms with Gasteiger partial charge in [-0.2, -0.15) is 0 Å². The van der Waals surface area contributed by atoms with Crippen molar-refractivity contribution in [2.24, 2.45) is 5.92 Å². The van der Waals surface area contributed by atoms with Crippen molar-refractivity contribution >= 4 is 24.0 Å². The van der Waals surface area contributed by atoms with Crippen molar-refractivity contribution in [2.75, 3.05) is 31.6 Å². The number of halogens is 1. The third-order valence-electron chi connectivity index (χ3n) is 3.79. The molecule has 0 aliphatic carbocycles. The van der Waals surface area contributed by atoms with Crippen LogP contribution in [-0.4, -0.2) is 32.2 Å². The van der Waals surface area contributed by atoms with Crippen molar-refractivity contribution in [1.82, 2.24) is 5.32 Å². The molecule has 2 N–H and O–H groups in total. The lowest BCUT2D eigenvalue weighted by Crippen LogP contribution is -2.18. The van der Waals surface area contributed by atoms with Crippen molar-refractivity contribution in [2.45, 2.75) is 39.5 Å². The van der Waals surface area contributed by atoms with Crippen LogP contribution in [0.1, 0.15) is 39.5 Å². The lowest BCUT2D eigenvalue weighted by molar-refractivity contribution is -0.116. The number of hydrogen-bond donors (Lipinski definition) is 2. The van der Waals surface area contributed by atoms with Gasteiger partial charge >= 0.3 is 0 Å². The fraction of sp³-hybridized carbons (Fsp3) is 0.611. The van der Waals surface area contributed by atoms with E-state index in [0.29, 0.717) is 31.3 Å². The van der Waals surface area contributed by atoms with Gasteiger partial charge in [0.25, 0.3) is 0 Å². The van der Waals surface area contributed by atoms with Gasteiger partial charge in [0.2, 0.25) is 5.91 Å². The van der Waals surface area contributed by atoms with E-state index in [2.05, 4.69) is 24.5 Å². The van der Waals surface area contributed by atoms with Crippen LogP contribution in [0.3, 0.4) is 0 Å². The Balaban J connectivity index is 0.00000288. The van der Waals surface area contributed by atoms with Crippen molar-refractivity contribution in [3.63, 3.8) is 0 Å². The number of ether oxygens (including phenoxy) is 2. The van der Waals surface area contributed by atoms with E-state index in [1.54, 1.807) is 0 Å². The fourth-order valence-electron chi connectivity index (χ4n) is 2.60. The summed E-state index contributed by atoms with van der Waals surface area (Å²) in [7, 11) is 0. The van der Waals surface area contributed by atoms with Gasteiger partial charge in [0.05, 0.1) is 13.2 Å². The quantitative estimate of drug-likeness (QED) is 0.709. The first kappa shape index (κ1) is 20.6. The topological polar surface area (TPSA) is 59.6 Å². The second kappa shape index (κ2) is 11.2. The Bertz CT molecular complexity index is 505. The standard InChI is InChI=1S/C18H28N2O3.ClH/c1-3-9-22-16-6-5-15(12-17(16)23-10-4-2)20-18(21)11-14-7-8-19-13-14;/h5-6,12,14,19H,3-4,7-11,13H2,1-2H3,(H,20,21);1H. The zero-order valence-electron chi connectivity index (χ0n) is 14.6. The molecule has 1 fully saturated rings. The summed E-state index contributed by atoms with van der Waals surface area (Å²) in [6.07, 6.45) is 3.51. The summed E-state index contributed by atoms with van der Waals surface area (Å²) < 4.78 is 11.5. The second-order valence-corrected chi connectivity index (χ2v) is 5.97. The Labute approximate surface area is 150 Å². The number of anilines is 1. The summed E-state index contributed by atoms with van der Waals surface area (Å²) in [5.74, 6) is 1.93. The summed E-state index contributed by atoms with van der Waals surface area (Å²) in [5.41, 5.74) is 0.760. The number of hydrogen-bond acceptors (Lipinski definition) is 4. The van der Waals surface area contributed by atoms with Crippen molar-refractivity contribution in [1.29, 1.82) is 0 Å². The average Bonchev–Trinajstić information content (AvgIpc) is 3.04. The first-order valence-corrected chi connectivity index (χ1v) is 8.63. The van der Waals surface area contributed by atoms with Crippen molar-refractivity contribution in [3.05, 3.63) is 18.2 Å². The Morgan fingerprint density at radius 2 is 1.92 bits per heavy atom. The first-order chi connectivity index (χ1) is 11.2. The summed E-state index contributed by atoms with van der Waals surface area (Å²) >= 11 is 0. The molecule has 0 saturated carbocycles. The fourth-order valence-corrected chi connectivity index (χ4v) is 2.60. The second-order valence-electron chi connectivity index (χ2n) is 5.97. The van der Waals surface area contributed by atoms with E-state index in [-0.39, 0.29) is 18.3 Å². The van der Waals surface area contributed by atoms with Crippen LogP contribution in [-0.2, 0) is 4.79 Å². The Hall–Kier alpha value is -1.46. The minimum atomic E-state index is 0. The van der Waals surface area contributed by atoms with Crippen LogP contribution in [0.2, 0.25) is 0 Å². The van der Waals surface area contributed by atoms with Gasteiger partial charge in [0, 0.05) is 18.2 Å². The van der Waals surface area contributed by atoms with Crippen molar-refractivity contribution in [3.8, 4) is 11.5 Å². The lowest BCUT2D eigenvalue weighted by atomic mass is 10.0. The largest absolute Gasteiger partial charge is 0.490 e. The molecule has 1 saturated heterocycles. The smallest absolute Gasteiger partial charge is 0.224 e. The highest BCUT2D eigenvalue weighted by molar-refractivity contribution is 5.91. The van der Waals surface area contributed by atoms with Gasteiger partial charge in [-0.05, 0) is 50.4 Å². The summed E-state index contributed by atoms with van der Waals surface area (Å²) in [6, 6.07) is 5.59. The average molecular weight is 357 g/mol. The molecular formula is C18H29ClN2O3. The zero-order valence-corrected chi connectivity index (χ0v) is 15.4. The molecule has 5 nitrogen and oxygen atoms in total. The molecule has 1 heterocycles. The van der Waals surface area contributed by atoms with Crippen LogP contribution >= 0.6 is 12.4 Å².